The third-order valence-electron chi connectivity index (χ3n) is 2.91. The maximum atomic E-state index is 11.7. The van der Waals surface area contributed by atoms with E-state index in [-0.39, 0.29) is 5.63 Å². The second kappa shape index (κ2) is 4.12. The Balaban J connectivity index is 2.79. The van der Waals surface area contributed by atoms with E-state index >= 15 is 0 Å². The van der Waals surface area contributed by atoms with Gasteiger partial charge in [0.25, 0.3) is 0 Å². The maximum Gasteiger partial charge on any atom is 0.339 e. The number of benzene rings is 1. The fourth-order valence-corrected chi connectivity index (χ4v) is 1.96. The van der Waals surface area contributed by atoms with E-state index in [1.807, 2.05) is 26.0 Å². The molecule has 0 atom stereocenters. The van der Waals surface area contributed by atoms with Gasteiger partial charge in [-0.3, -0.25) is 0 Å². The highest BCUT2D eigenvalue weighted by atomic mass is 16.4. The first-order valence-corrected chi connectivity index (χ1v) is 5.66. The molecule has 0 bridgehead atoms. The highest BCUT2D eigenvalue weighted by Crippen LogP contribution is 2.21. The summed E-state index contributed by atoms with van der Waals surface area (Å²) in [7, 11) is 0. The van der Waals surface area contributed by atoms with E-state index in [2.05, 4.69) is 13.0 Å². The molecular weight excluding hydrogens is 200 g/mol. The number of aryl methyl sites for hydroxylation is 3. The Hall–Kier alpha value is -1.57. The zero-order chi connectivity index (χ0) is 11.7. The fourth-order valence-electron chi connectivity index (χ4n) is 1.96. The van der Waals surface area contributed by atoms with Crippen molar-refractivity contribution in [3.8, 4) is 0 Å². The van der Waals surface area contributed by atoms with Crippen LogP contribution in [0.15, 0.2) is 27.4 Å². The van der Waals surface area contributed by atoms with Crippen LogP contribution in [0.25, 0.3) is 11.0 Å². The normalized spacial score (nSPS) is 10.9. The van der Waals surface area contributed by atoms with Gasteiger partial charge in [0.2, 0.25) is 0 Å². The van der Waals surface area contributed by atoms with Gasteiger partial charge in [0.05, 0.1) is 0 Å². The lowest BCUT2D eigenvalue weighted by Gasteiger charge is -2.05. The summed E-state index contributed by atoms with van der Waals surface area (Å²) < 4.78 is 5.40. The molecule has 1 heterocycles. The molecule has 0 spiro atoms. The predicted octanol–water partition coefficient (Wildman–Crippen LogP) is 3.36. The molecule has 0 aliphatic heterocycles. The zero-order valence-electron chi connectivity index (χ0n) is 9.96. The lowest BCUT2D eigenvalue weighted by atomic mass is 10.0. The van der Waals surface area contributed by atoms with Gasteiger partial charge in [-0.25, -0.2) is 4.79 Å². The number of fused-ring (bicyclic) bond motifs is 1. The Morgan fingerprint density at radius 1 is 1.19 bits per heavy atom. The number of hydrogen-bond donors (Lipinski definition) is 0. The molecular formula is C14H16O2. The van der Waals surface area contributed by atoms with Crippen molar-refractivity contribution in [2.75, 3.05) is 0 Å². The monoisotopic (exact) mass is 216 g/mol. The standard InChI is InChI=1S/C14H16O2/c1-4-5-11-8-12-9(2)6-7-10(3)13(12)16-14(11)15/h6-8H,4-5H2,1-3H3. The Morgan fingerprint density at radius 3 is 2.56 bits per heavy atom. The quantitative estimate of drug-likeness (QED) is 0.720. The van der Waals surface area contributed by atoms with Crippen LogP contribution in [0.5, 0.6) is 0 Å². The molecule has 2 nitrogen and oxygen atoms in total. The van der Waals surface area contributed by atoms with Gasteiger partial charge in [-0.1, -0.05) is 25.5 Å². The molecule has 16 heavy (non-hydrogen) atoms. The molecule has 0 saturated carbocycles. The van der Waals surface area contributed by atoms with Crippen molar-refractivity contribution in [2.45, 2.75) is 33.6 Å². The van der Waals surface area contributed by atoms with E-state index in [0.29, 0.717) is 0 Å². The van der Waals surface area contributed by atoms with Crippen molar-refractivity contribution >= 4 is 11.0 Å². The molecule has 1 aromatic carbocycles. The van der Waals surface area contributed by atoms with Crippen molar-refractivity contribution in [3.63, 3.8) is 0 Å². The summed E-state index contributed by atoms with van der Waals surface area (Å²) in [6.07, 6.45) is 1.74. The second-order valence-electron chi connectivity index (χ2n) is 4.25. The molecule has 0 unspecified atom stereocenters. The highest BCUT2D eigenvalue weighted by molar-refractivity contribution is 5.83. The molecule has 2 heteroatoms. The Labute approximate surface area is 94.9 Å². The van der Waals surface area contributed by atoms with Crippen molar-refractivity contribution < 1.29 is 4.42 Å². The second-order valence-corrected chi connectivity index (χ2v) is 4.25. The molecule has 0 saturated heterocycles. The largest absolute Gasteiger partial charge is 0.422 e. The highest BCUT2D eigenvalue weighted by Gasteiger charge is 2.08. The number of hydrogen-bond acceptors (Lipinski definition) is 2. The maximum absolute atomic E-state index is 11.7. The molecule has 0 aliphatic rings. The van der Waals surface area contributed by atoms with E-state index in [1.54, 1.807) is 0 Å². The minimum absolute atomic E-state index is 0.192. The van der Waals surface area contributed by atoms with Crippen LogP contribution in [0.1, 0.15) is 30.0 Å². The molecule has 0 aliphatic carbocycles. The smallest absolute Gasteiger partial charge is 0.339 e. The van der Waals surface area contributed by atoms with Crippen molar-refractivity contribution in [3.05, 3.63) is 45.3 Å². The molecule has 1 aromatic heterocycles. The summed E-state index contributed by atoms with van der Waals surface area (Å²) in [6, 6.07) is 6.03. The number of rotatable bonds is 2. The summed E-state index contributed by atoms with van der Waals surface area (Å²) in [6.45, 7) is 6.06. The first-order valence-electron chi connectivity index (χ1n) is 5.66. The lowest BCUT2D eigenvalue weighted by Crippen LogP contribution is -2.07. The third kappa shape index (κ3) is 1.75. The summed E-state index contributed by atoms with van der Waals surface area (Å²) in [5.74, 6) is 0. The van der Waals surface area contributed by atoms with E-state index < -0.39 is 0 Å². The van der Waals surface area contributed by atoms with Crippen molar-refractivity contribution in [1.82, 2.24) is 0 Å². The average molecular weight is 216 g/mol. The predicted molar refractivity (Wildman–Crippen MR) is 66.0 cm³/mol. The fraction of sp³-hybridized carbons (Fsp3) is 0.357. The van der Waals surface area contributed by atoms with Crippen LogP contribution in [0, 0.1) is 13.8 Å². The molecule has 2 aromatic rings. The van der Waals surface area contributed by atoms with Gasteiger partial charge in [-0.05, 0) is 37.5 Å². The van der Waals surface area contributed by atoms with Crippen LogP contribution in [-0.4, -0.2) is 0 Å². The SMILES string of the molecule is CCCc1cc2c(C)ccc(C)c2oc1=O. The topological polar surface area (TPSA) is 30.2 Å². The molecule has 84 valence electrons. The van der Waals surface area contributed by atoms with Gasteiger partial charge in [0.15, 0.2) is 0 Å². The summed E-state index contributed by atoms with van der Waals surface area (Å²) >= 11 is 0. The van der Waals surface area contributed by atoms with E-state index in [9.17, 15) is 4.79 Å². The molecule has 0 fully saturated rings. The lowest BCUT2D eigenvalue weighted by molar-refractivity contribution is 0.547. The van der Waals surface area contributed by atoms with Gasteiger partial charge < -0.3 is 4.42 Å². The van der Waals surface area contributed by atoms with Crippen LogP contribution >= 0.6 is 0 Å². The molecule has 0 radical (unpaired) electrons. The first kappa shape index (κ1) is 10.9. The van der Waals surface area contributed by atoms with Gasteiger partial charge in [-0.2, -0.15) is 0 Å². The van der Waals surface area contributed by atoms with Crippen molar-refractivity contribution in [2.24, 2.45) is 0 Å². The van der Waals surface area contributed by atoms with Crippen LogP contribution in [0.4, 0.5) is 0 Å². The molecule has 2 rings (SSSR count). The Morgan fingerprint density at radius 2 is 1.88 bits per heavy atom. The van der Waals surface area contributed by atoms with E-state index in [1.165, 1.54) is 0 Å². The summed E-state index contributed by atoms with van der Waals surface area (Å²) in [5.41, 5.74) is 3.49. The van der Waals surface area contributed by atoms with Crippen LogP contribution in [0.2, 0.25) is 0 Å². The Bertz CT molecular complexity index is 579. The average Bonchev–Trinajstić information content (AvgIpc) is 2.26. The summed E-state index contributed by atoms with van der Waals surface area (Å²) in [5, 5.41) is 1.06. The van der Waals surface area contributed by atoms with Crippen LogP contribution < -0.4 is 5.63 Å². The van der Waals surface area contributed by atoms with Crippen molar-refractivity contribution in [1.29, 1.82) is 0 Å². The van der Waals surface area contributed by atoms with Gasteiger partial charge in [0, 0.05) is 10.9 Å². The van der Waals surface area contributed by atoms with Gasteiger partial charge in [0.1, 0.15) is 5.58 Å². The van der Waals surface area contributed by atoms with E-state index in [0.717, 1.165) is 40.5 Å². The zero-order valence-corrected chi connectivity index (χ0v) is 9.96. The van der Waals surface area contributed by atoms with Crippen LogP contribution in [-0.2, 0) is 6.42 Å². The third-order valence-corrected chi connectivity index (χ3v) is 2.91. The molecule has 0 amide bonds. The van der Waals surface area contributed by atoms with E-state index in [4.69, 9.17) is 4.42 Å². The minimum atomic E-state index is -0.192. The van der Waals surface area contributed by atoms with Gasteiger partial charge >= 0.3 is 5.63 Å². The summed E-state index contributed by atoms with van der Waals surface area (Å²) in [4.78, 5) is 11.7. The first-order chi connectivity index (χ1) is 7.63. The molecule has 0 N–H and O–H groups in total. The van der Waals surface area contributed by atoms with Crippen LogP contribution in [0.3, 0.4) is 0 Å². The van der Waals surface area contributed by atoms with Gasteiger partial charge in [-0.15, -0.1) is 0 Å². The minimum Gasteiger partial charge on any atom is -0.422 e. The Kier molecular flexibility index (Phi) is 2.82.